The zero-order chi connectivity index (χ0) is 22.5. The summed E-state index contributed by atoms with van der Waals surface area (Å²) in [5.74, 6) is 0.0437. The Kier molecular flexibility index (Phi) is 7.06. The van der Waals surface area contributed by atoms with E-state index in [9.17, 15) is 14.7 Å². The second kappa shape index (κ2) is 9.74. The monoisotopic (exact) mass is 428 g/mol. The van der Waals surface area contributed by atoms with Gasteiger partial charge in [0.2, 0.25) is 0 Å². The number of ether oxygens (including phenoxy) is 1. The highest BCUT2D eigenvalue weighted by Gasteiger charge is 2.18. The lowest BCUT2D eigenvalue weighted by Gasteiger charge is -2.13. The van der Waals surface area contributed by atoms with Crippen LogP contribution in [-0.2, 0) is 37.6 Å². The van der Waals surface area contributed by atoms with Crippen LogP contribution in [-0.4, -0.2) is 48.2 Å². The van der Waals surface area contributed by atoms with Gasteiger partial charge in [0.05, 0.1) is 12.2 Å². The molecule has 9 heteroatoms. The van der Waals surface area contributed by atoms with Crippen molar-refractivity contribution in [1.29, 1.82) is 0 Å². The van der Waals surface area contributed by atoms with Crippen LogP contribution >= 0.6 is 0 Å². The molecule has 0 bridgehead atoms. The molecule has 1 aromatic carbocycles. The second-order valence-corrected chi connectivity index (χ2v) is 7.41. The van der Waals surface area contributed by atoms with Crippen molar-refractivity contribution in [2.45, 2.75) is 52.2 Å². The van der Waals surface area contributed by atoms with Crippen LogP contribution in [0.1, 0.15) is 37.4 Å². The lowest BCUT2D eigenvalue weighted by Crippen LogP contribution is -2.28. The molecule has 9 nitrogen and oxygen atoms in total. The van der Waals surface area contributed by atoms with Gasteiger partial charge in [0, 0.05) is 19.9 Å². The van der Waals surface area contributed by atoms with Crippen molar-refractivity contribution in [1.82, 2.24) is 19.3 Å². The number of aromatic nitrogens is 4. The molecule has 0 saturated heterocycles. The van der Waals surface area contributed by atoms with E-state index in [1.807, 2.05) is 6.92 Å². The van der Waals surface area contributed by atoms with E-state index in [1.54, 1.807) is 40.6 Å². The number of aliphatic carboxylic acids is 1. The van der Waals surface area contributed by atoms with Crippen molar-refractivity contribution in [2.24, 2.45) is 7.05 Å². The van der Waals surface area contributed by atoms with Gasteiger partial charge in [-0.3, -0.25) is 14.0 Å². The number of aryl methyl sites for hydroxylation is 3. The van der Waals surface area contributed by atoms with Crippen molar-refractivity contribution in [3.63, 3.8) is 0 Å². The predicted octanol–water partition coefficient (Wildman–Crippen LogP) is 1.71. The summed E-state index contributed by atoms with van der Waals surface area (Å²) >= 11 is 0. The van der Waals surface area contributed by atoms with Gasteiger partial charge in [-0.2, -0.15) is 5.10 Å². The summed E-state index contributed by atoms with van der Waals surface area (Å²) in [5, 5.41) is 22.7. The molecule has 3 aromatic rings. The van der Waals surface area contributed by atoms with Crippen LogP contribution in [0.25, 0.3) is 11.0 Å². The van der Waals surface area contributed by atoms with Gasteiger partial charge >= 0.3 is 5.97 Å². The highest BCUT2D eigenvalue weighted by molar-refractivity contribution is 5.76. The third-order valence-corrected chi connectivity index (χ3v) is 5.12. The standard InChI is InChI=1S/C22H28N4O5/c1-4-6-16-19-20(25(3)24-16)21(28)26(18(5-2)23-19)11-12-31-15-9-7-14(8-10-15)13-17(27)22(29)30/h7-10,17,27H,4-6,11-13H2,1-3H3,(H,29,30)/t17-/m0/s1. The van der Waals surface area contributed by atoms with E-state index in [2.05, 4.69) is 12.0 Å². The number of hydrogen-bond acceptors (Lipinski definition) is 6. The SMILES string of the molecule is CCCc1nn(C)c2c(=O)n(CCOc3ccc(C[C@H](O)C(=O)O)cc3)c(CC)nc12. The van der Waals surface area contributed by atoms with Gasteiger partial charge in [-0.1, -0.05) is 32.4 Å². The molecule has 2 aromatic heterocycles. The summed E-state index contributed by atoms with van der Waals surface area (Å²) in [5.41, 5.74) is 2.61. The number of nitrogens with zero attached hydrogens (tertiary/aromatic N) is 4. The third kappa shape index (κ3) is 4.93. The van der Waals surface area contributed by atoms with Gasteiger partial charge in [0.1, 0.15) is 23.7 Å². The van der Waals surface area contributed by atoms with E-state index in [0.29, 0.717) is 41.1 Å². The van der Waals surface area contributed by atoms with Gasteiger partial charge < -0.3 is 14.9 Å². The molecular formula is C22H28N4O5. The molecule has 0 spiro atoms. The Balaban J connectivity index is 1.74. The van der Waals surface area contributed by atoms with Crippen molar-refractivity contribution < 1.29 is 19.7 Å². The lowest BCUT2D eigenvalue weighted by atomic mass is 10.1. The fourth-order valence-electron chi connectivity index (χ4n) is 3.55. The van der Waals surface area contributed by atoms with Crippen molar-refractivity contribution in [3.8, 4) is 5.75 Å². The molecular weight excluding hydrogens is 400 g/mol. The first-order valence-electron chi connectivity index (χ1n) is 10.4. The molecule has 1 atom stereocenters. The van der Waals surface area contributed by atoms with E-state index in [0.717, 1.165) is 18.5 Å². The number of carbonyl (C=O) groups is 1. The highest BCUT2D eigenvalue weighted by atomic mass is 16.5. The van der Waals surface area contributed by atoms with Gasteiger partial charge in [0.15, 0.2) is 11.6 Å². The molecule has 0 amide bonds. The fourth-order valence-corrected chi connectivity index (χ4v) is 3.55. The first-order valence-corrected chi connectivity index (χ1v) is 10.4. The maximum atomic E-state index is 13.1. The summed E-state index contributed by atoms with van der Waals surface area (Å²) in [4.78, 5) is 28.6. The molecule has 3 rings (SSSR count). The van der Waals surface area contributed by atoms with Crippen LogP contribution < -0.4 is 10.3 Å². The molecule has 2 N–H and O–H groups in total. The molecule has 0 fully saturated rings. The molecule has 166 valence electrons. The molecule has 31 heavy (non-hydrogen) atoms. The lowest BCUT2D eigenvalue weighted by molar-refractivity contribution is -0.146. The smallest absolute Gasteiger partial charge is 0.332 e. The summed E-state index contributed by atoms with van der Waals surface area (Å²) in [6.07, 6.45) is 0.922. The molecule has 0 unspecified atom stereocenters. The van der Waals surface area contributed by atoms with Crippen LogP contribution in [0.15, 0.2) is 29.1 Å². The average Bonchev–Trinajstić information content (AvgIpc) is 3.06. The summed E-state index contributed by atoms with van der Waals surface area (Å²) in [7, 11) is 1.76. The van der Waals surface area contributed by atoms with Gasteiger partial charge in [-0.05, 0) is 24.1 Å². The summed E-state index contributed by atoms with van der Waals surface area (Å²) < 4.78 is 9.01. The minimum Gasteiger partial charge on any atom is -0.492 e. The summed E-state index contributed by atoms with van der Waals surface area (Å²) in [6.45, 7) is 4.65. The number of aliphatic hydroxyl groups is 1. The fraction of sp³-hybridized carbons (Fsp3) is 0.455. The zero-order valence-electron chi connectivity index (χ0n) is 18.0. The number of carboxylic acid groups (broad SMARTS) is 1. The minimum atomic E-state index is -1.43. The van der Waals surface area contributed by atoms with Crippen LogP contribution in [0.4, 0.5) is 0 Å². The van der Waals surface area contributed by atoms with Crippen molar-refractivity contribution in [3.05, 3.63) is 51.7 Å². The van der Waals surface area contributed by atoms with E-state index in [1.165, 1.54) is 0 Å². The third-order valence-electron chi connectivity index (χ3n) is 5.12. The van der Waals surface area contributed by atoms with E-state index < -0.39 is 12.1 Å². The van der Waals surface area contributed by atoms with Crippen LogP contribution in [0.5, 0.6) is 5.75 Å². The number of carboxylic acids is 1. The number of rotatable bonds is 10. The first kappa shape index (κ1) is 22.5. The second-order valence-electron chi connectivity index (χ2n) is 7.41. The number of hydrogen-bond donors (Lipinski definition) is 2. The predicted molar refractivity (Wildman–Crippen MR) is 115 cm³/mol. The molecule has 0 aliphatic rings. The largest absolute Gasteiger partial charge is 0.492 e. The Labute approximate surface area is 179 Å². The Morgan fingerprint density at radius 3 is 2.55 bits per heavy atom. The number of fused-ring (bicyclic) bond motifs is 1. The van der Waals surface area contributed by atoms with Crippen LogP contribution in [0.3, 0.4) is 0 Å². The average molecular weight is 428 g/mol. The zero-order valence-corrected chi connectivity index (χ0v) is 18.0. The number of aliphatic hydroxyl groups excluding tert-OH is 1. The summed E-state index contributed by atoms with van der Waals surface area (Å²) in [6, 6.07) is 6.85. The van der Waals surface area contributed by atoms with Gasteiger partial charge in [-0.15, -0.1) is 0 Å². The van der Waals surface area contributed by atoms with Crippen LogP contribution in [0.2, 0.25) is 0 Å². The maximum Gasteiger partial charge on any atom is 0.332 e. The first-order chi connectivity index (χ1) is 14.8. The van der Waals surface area contributed by atoms with Gasteiger partial charge in [0.25, 0.3) is 5.56 Å². The molecule has 2 heterocycles. The van der Waals surface area contributed by atoms with E-state index in [4.69, 9.17) is 14.8 Å². The minimum absolute atomic E-state index is 0.0290. The molecule has 0 radical (unpaired) electrons. The normalized spacial score (nSPS) is 12.3. The number of benzene rings is 1. The molecule has 0 aliphatic heterocycles. The van der Waals surface area contributed by atoms with Crippen molar-refractivity contribution in [2.75, 3.05) is 6.61 Å². The Morgan fingerprint density at radius 1 is 1.23 bits per heavy atom. The van der Waals surface area contributed by atoms with Crippen LogP contribution in [0, 0.1) is 0 Å². The Hall–Kier alpha value is -3.20. The van der Waals surface area contributed by atoms with E-state index >= 15 is 0 Å². The van der Waals surface area contributed by atoms with Crippen molar-refractivity contribution >= 4 is 17.0 Å². The maximum absolute atomic E-state index is 13.1. The highest BCUT2D eigenvalue weighted by Crippen LogP contribution is 2.16. The van der Waals surface area contributed by atoms with Gasteiger partial charge in [-0.25, -0.2) is 9.78 Å². The Bertz CT molecular complexity index is 1120. The molecule has 0 saturated carbocycles. The topological polar surface area (TPSA) is 119 Å². The Morgan fingerprint density at radius 2 is 1.94 bits per heavy atom. The molecule has 0 aliphatic carbocycles. The van der Waals surface area contributed by atoms with E-state index in [-0.39, 0.29) is 18.6 Å². The quantitative estimate of drug-likeness (QED) is 0.504.